The number of hydrogen-bond acceptors (Lipinski definition) is 1. The van der Waals surface area contributed by atoms with E-state index in [9.17, 15) is 22.4 Å². The molecule has 1 heterocycles. The number of amides is 1. The molecule has 0 saturated carbocycles. The number of alkyl halides is 4. The van der Waals surface area contributed by atoms with Gasteiger partial charge in [0.15, 0.2) is 0 Å². The highest BCUT2D eigenvalue weighted by atomic mass is 19.3. The molecule has 2 nitrogen and oxygen atoms in total. The molecule has 3 unspecified atom stereocenters. The van der Waals surface area contributed by atoms with Crippen LogP contribution in [0.4, 0.5) is 17.6 Å². The van der Waals surface area contributed by atoms with Gasteiger partial charge in [-0.05, 0) is 25.2 Å². The lowest BCUT2D eigenvalue weighted by molar-refractivity contribution is -0.185. The second kappa shape index (κ2) is 4.82. The maximum atomic E-state index is 13.0. The van der Waals surface area contributed by atoms with Crippen LogP contribution in [0.1, 0.15) is 27.2 Å². The van der Waals surface area contributed by atoms with Crippen molar-refractivity contribution in [3.63, 3.8) is 0 Å². The molecule has 1 aliphatic rings. The fourth-order valence-electron chi connectivity index (χ4n) is 2.27. The minimum absolute atomic E-state index is 0.0381. The largest absolute Gasteiger partial charge is 0.383 e. The quantitative estimate of drug-likeness (QED) is 0.695. The Morgan fingerprint density at radius 1 is 1.29 bits per heavy atom. The van der Waals surface area contributed by atoms with Gasteiger partial charge in [-0.25, -0.2) is 8.78 Å². The van der Waals surface area contributed by atoms with Gasteiger partial charge in [-0.2, -0.15) is 8.78 Å². The molecule has 3 atom stereocenters. The molecule has 0 spiro atoms. The molecule has 6 heteroatoms. The standard InChI is InChI=1S/C11H17F4NO/c1-6-4-7(2)8(3)16(5-6)10(17)11(14,15)9(12)13/h6-9H,4-5H2,1-3H3. The number of carbonyl (C=O) groups excluding carboxylic acids is 1. The van der Waals surface area contributed by atoms with Crippen molar-refractivity contribution in [2.75, 3.05) is 6.54 Å². The second-order valence-electron chi connectivity index (χ2n) is 4.94. The Morgan fingerprint density at radius 2 is 1.82 bits per heavy atom. The molecule has 0 bridgehead atoms. The van der Waals surface area contributed by atoms with Crippen LogP contribution in [0.2, 0.25) is 0 Å². The summed E-state index contributed by atoms with van der Waals surface area (Å²) in [6, 6.07) is -0.427. The van der Waals surface area contributed by atoms with E-state index in [1.165, 1.54) is 0 Å². The molecule has 0 aromatic heterocycles. The summed E-state index contributed by atoms with van der Waals surface area (Å²) in [5.74, 6) is -6.24. The molecule has 0 aliphatic carbocycles. The number of halogens is 4. The molecule has 0 N–H and O–H groups in total. The van der Waals surface area contributed by atoms with Gasteiger partial charge in [0.2, 0.25) is 0 Å². The van der Waals surface area contributed by atoms with Crippen molar-refractivity contribution in [2.24, 2.45) is 11.8 Å². The van der Waals surface area contributed by atoms with Gasteiger partial charge in [0, 0.05) is 12.6 Å². The molecular weight excluding hydrogens is 238 g/mol. The zero-order chi connectivity index (χ0) is 13.4. The summed E-state index contributed by atoms with van der Waals surface area (Å²) in [6.07, 6.45) is -3.14. The summed E-state index contributed by atoms with van der Waals surface area (Å²) < 4.78 is 50.3. The number of piperidine rings is 1. The van der Waals surface area contributed by atoms with Crippen LogP contribution in [0.3, 0.4) is 0 Å². The lowest BCUT2D eigenvalue weighted by Crippen LogP contribution is -2.56. The first-order valence-corrected chi connectivity index (χ1v) is 5.65. The van der Waals surface area contributed by atoms with Gasteiger partial charge in [0.1, 0.15) is 0 Å². The van der Waals surface area contributed by atoms with E-state index in [-0.39, 0.29) is 18.4 Å². The van der Waals surface area contributed by atoms with Crippen molar-refractivity contribution >= 4 is 5.91 Å². The van der Waals surface area contributed by atoms with Gasteiger partial charge in [-0.1, -0.05) is 13.8 Å². The van der Waals surface area contributed by atoms with Crippen LogP contribution in [0, 0.1) is 11.8 Å². The zero-order valence-electron chi connectivity index (χ0n) is 10.1. The fourth-order valence-corrected chi connectivity index (χ4v) is 2.27. The van der Waals surface area contributed by atoms with E-state index in [4.69, 9.17) is 0 Å². The summed E-state index contributed by atoms with van der Waals surface area (Å²) in [7, 11) is 0. The lowest BCUT2D eigenvalue weighted by atomic mass is 9.85. The normalized spacial score (nSPS) is 30.8. The predicted octanol–water partition coefficient (Wildman–Crippen LogP) is 2.78. The Labute approximate surface area is 98.0 Å². The second-order valence-corrected chi connectivity index (χ2v) is 4.94. The molecule has 1 amide bonds. The average molecular weight is 255 g/mol. The van der Waals surface area contributed by atoms with Crippen LogP contribution in [0.15, 0.2) is 0 Å². The Balaban J connectivity index is 2.87. The Hall–Kier alpha value is -0.810. The summed E-state index contributed by atoms with van der Waals surface area (Å²) in [6.45, 7) is 5.40. The van der Waals surface area contributed by atoms with E-state index in [1.807, 2.05) is 13.8 Å². The van der Waals surface area contributed by atoms with Gasteiger partial charge >= 0.3 is 12.3 Å². The van der Waals surface area contributed by atoms with Crippen LogP contribution in [0.5, 0.6) is 0 Å². The molecule has 0 radical (unpaired) electrons. The monoisotopic (exact) mass is 255 g/mol. The Morgan fingerprint density at radius 3 is 2.29 bits per heavy atom. The molecule has 0 aromatic carbocycles. The van der Waals surface area contributed by atoms with Crippen LogP contribution in [-0.4, -0.2) is 35.7 Å². The number of rotatable bonds is 2. The zero-order valence-corrected chi connectivity index (χ0v) is 10.1. The van der Waals surface area contributed by atoms with E-state index < -0.39 is 24.3 Å². The molecular formula is C11H17F4NO. The topological polar surface area (TPSA) is 20.3 Å². The summed E-state index contributed by atoms with van der Waals surface area (Å²) in [5, 5.41) is 0. The lowest BCUT2D eigenvalue weighted by Gasteiger charge is -2.42. The van der Waals surface area contributed by atoms with Crippen molar-refractivity contribution in [1.29, 1.82) is 0 Å². The number of carbonyl (C=O) groups is 1. The smallest absolute Gasteiger partial charge is 0.334 e. The van der Waals surface area contributed by atoms with E-state index in [2.05, 4.69) is 0 Å². The minimum atomic E-state index is -4.58. The first-order chi connectivity index (χ1) is 7.67. The molecule has 1 saturated heterocycles. The third-order valence-electron chi connectivity index (χ3n) is 3.42. The van der Waals surface area contributed by atoms with Crippen LogP contribution in [-0.2, 0) is 4.79 Å². The first kappa shape index (κ1) is 14.3. The molecule has 1 rings (SSSR count). The third-order valence-corrected chi connectivity index (χ3v) is 3.42. The highest BCUT2D eigenvalue weighted by Gasteiger charge is 2.53. The van der Waals surface area contributed by atoms with E-state index >= 15 is 0 Å². The maximum Gasteiger partial charge on any atom is 0.383 e. The van der Waals surface area contributed by atoms with Crippen molar-refractivity contribution in [1.82, 2.24) is 4.90 Å². The molecule has 17 heavy (non-hydrogen) atoms. The Kier molecular flexibility index (Phi) is 4.04. The van der Waals surface area contributed by atoms with Crippen LogP contribution in [0.25, 0.3) is 0 Å². The number of hydrogen-bond donors (Lipinski definition) is 0. The van der Waals surface area contributed by atoms with Crippen LogP contribution < -0.4 is 0 Å². The SMILES string of the molecule is CC1CC(C)C(C)N(C(=O)C(F)(F)C(F)F)C1. The molecule has 1 fully saturated rings. The van der Waals surface area contributed by atoms with Crippen molar-refractivity contribution < 1.29 is 22.4 Å². The van der Waals surface area contributed by atoms with Gasteiger partial charge in [-0.15, -0.1) is 0 Å². The average Bonchev–Trinajstić information content (AvgIpc) is 2.22. The summed E-state index contributed by atoms with van der Waals surface area (Å²) in [5.41, 5.74) is 0. The molecule has 100 valence electrons. The summed E-state index contributed by atoms with van der Waals surface area (Å²) in [4.78, 5) is 12.4. The maximum absolute atomic E-state index is 13.0. The van der Waals surface area contributed by atoms with Crippen molar-refractivity contribution in [2.45, 2.75) is 45.6 Å². The van der Waals surface area contributed by atoms with Gasteiger partial charge in [0.25, 0.3) is 5.91 Å². The molecule has 0 aromatic rings. The van der Waals surface area contributed by atoms with E-state index in [1.54, 1.807) is 6.92 Å². The minimum Gasteiger partial charge on any atom is -0.334 e. The highest BCUT2D eigenvalue weighted by molar-refractivity contribution is 5.84. The van der Waals surface area contributed by atoms with Crippen LogP contribution >= 0.6 is 0 Å². The predicted molar refractivity (Wildman–Crippen MR) is 55.1 cm³/mol. The van der Waals surface area contributed by atoms with Gasteiger partial charge in [-0.3, -0.25) is 4.79 Å². The summed E-state index contributed by atoms with van der Waals surface area (Å²) >= 11 is 0. The fraction of sp³-hybridized carbons (Fsp3) is 0.909. The van der Waals surface area contributed by atoms with Gasteiger partial charge in [0.05, 0.1) is 0 Å². The van der Waals surface area contributed by atoms with E-state index in [0.717, 1.165) is 11.3 Å². The van der Waals surface area contributed by atoms with Crippen molar-refractivity contribution in [3.8, 4) is 0 Å². The Bertz CT molecular complexity index is 295. The molecule has 1 aliphatic heterocycles. The highest BCUT2D eigenvalue weighted by Crippen LogP contribution is 2.32. The third kappa shape index (κ3) is 2.72. The number of nitrogens with zero attached hydrogens (tertiary/aromatic N) is 1. The number of likely N-dealkylation sites (tertiary alicyclic amines) is 1. The van der Waals surface area contributed by atoms with E-state index in [0.29, 0.717) is 0 Å². The first-order valence-electron chi connectivity index (χ1n) is 5.65. The van der Waals surface area contributed by atoms with Crippen molar-refractivity contribution in [3.05, 3.63) is 0 Å². The van der Waals surface area contributed by atoms with Gasteiger partial charge < -0.3 is 4.90 Å².